The molecule has 1 unspecified atom stereocenters. The molecule has 0 amide bonds. The van der Waals surface area contributed by atoms with Crippen molar-refractivity contribution in [1.82, 2.24) is 0 Å². The Kier molecular flexibility index (Phi) is 11.3. The molecule has 1 N–H and O–H groups in total. The molecule has 2 aliphatic rings. The molecule has 0 saturated carbocycles. The van der Waals surface area contributed by atoms with E-state index in [1.54, 1.807) is 31.4 Å². The second kappa shape index (κ2) is 15.2. The number of cyclic esters (lactones) is 1. The highest BCUT2D eigenvalue weighted by Crippen LogP contribution is 2.60. The number of benzene rings is 4. The highest BCUT2D eigenvalue weighted by molar-refractivity contribution is 7.87. The molecule has 1 fully saturated rings. The quantitative estimate of drug-likeness (QED) is 0.114. The van der Waals surface area contributed by atoms with Crippen molar-refractivity contribution in [1.29, 1.82) is 0 Å². The summed E-state index contributed by atoms with van der Waals surface area (Å²) >= 11 is 0. The Morgan fingerprint density at radius 3 is 1.78 bits per heavy atom. The first kappa shape index (κ1) is 40.1. The molecule has 0 radical (unpaired) electrons. The van der Waals surface area contributed by atoms with Gasteiger partial charge in [0.15, 0.2) is 4.75 Å². The Morgan fingerprint density at radius 1 is 0.815 bits per heavy atom. The number of carbonyl (C=O) groups is 1. The molecule has 10 heteroatoms. The maximum atomic E-state index is 15.3. The highest BCUT2D eigenvalue weighted by Gasteiger charge is 2.70. The predicted octanol–water partition coefficient (Wildman–Crippen LogP) is 8.63. The molecule has 1 aliphatic heterocycles. The molecule has 0 aromatic heterocycles. The van der Waals surface area contributed by atoms with Crippen LogP contribution in [0.1, 0.15) is 85.6 Å². The summed E-state index contributed by atoms with van der Waals surface area (Å²) in [7, 11) is -6.41. The van der Waals surface area contributed by atoms with Crippen LogP contribution in [0.25, 0.3) is 0 Å². The minimum atomic E-state index is -3.32. The Bertz CT molecular complexity index is 1900. The molecule has 288 valence electrons. The fraction of sp³-hybridized carbons (Fsp3) is 0.432. The van der Waals surface area contributed by atoms with Gasteiger partial charge in [0.2, 0.25) is 0 Å². The Hall–Kier alpha value is -3.55. The molecule has 1 saturated heterocycles. The van der Waals surface area contributed by atoms with Gasteiger partial charge < -0.3 is 23.4 Å². The number of rotatable bonds is 12. The molecule has 1 heterocycles. The lowest BCUT2D eigenvalue weighted by Gasteiger charge is -2.51. The third-order valence-electron chi connectivity index (χ3n) is 12.0. The van der Waals surface area contributed by atoms with E-state index in [1.165, 1.54) is 0 Å². The molecule has 0 spiro atoms. The van der Waals surface area contributed by atoms with E-state index in [1.807, 2.05) is 54.6 Å². The van der Waals surface area contributed by atoms with Gasteiger partial charge in [0, 0.05) is 16.5 Å². The lowest BCUT2D eigenvalue weighted by Crippen LogP contribution is -2.68. The van der Waals surface area contributed by atoms with Crippen LogP contribution < -0.4 is 19.5 Å². The number of ether oxygens (including phenoxy) is 2. The van der Waals surface area contributed by atoms with Gasteiger partial charge in [0.05, 0.1) is 36.5 Å². The summed E-state index contributed by atoms with van der Waals surface area (Å²) in [5.74, 6) is -0.533. The van der Waals surface area contributed by atoms with E-state index in [0.717, 1.165) is 10.4 Å². The minimum absolute atomic E-state index is 0.0765. The number of fused-ring (bicyclic) bond motifs is 2. The summed E-state index contributed by atoms with van der Waals surface area (Å²) in [6, 6.07) is 33.3. The summed E-state index contributed by atoms with van der Waals surface area (Å²) in [6.45, 7) is 19.8. The number of hydrogen-bond acceptors (Lipinski definition) is 7. The van der Waals surface area contributed by atoms with Crippen molar-refractivity contribution >= 4 is 43.8 Å². The zero-order valence-corrected chi connectivity index (χ0v) is 36.1. The zero-order valence-electron chi connectivity index (χ0n) is 33.3. The molecule has 5 atom stereocenters. The highest BCUT2D eigenvalue weighted by atomic mass is 32.2. The van der Waals surface area contributed by atoms with Gasteiger partial charge in [-0.1, -0.05) is 141 Å². The van der Waals surface area contributed by atoms with Gasteiger partial charge in [-0.15, -0.1) is 0 Å². The normalized spacial score (nSPS) is 22.2. The van der Waals surface area contributed by atoms with Crippen LogP contribution in [0.2, 0.25) is 21.7 Å². The van der Waals surface area contributed by atoms with Crippen LogP contribution in [0.5, 0.6) is 11.5 Å². The van der Waals surface area contributed by atoms with Crippen LogP contribution in [0.15, 0.2) is 108 Å². The third-order valence-corrected chi connectivity index (χ3v) is 25.0. The minimum Gasteiger partial charge on any atom is -0.542 e. The van der Waals surface area contributed by atoms with Gasteiger partial charge in [-0.05, 0) is 55.8 Å². The second-order valence-corrected chi connectivity index (χ2v) is 28.0. The van der Waals surface area contributed by atoms with E-state index in [4.69, 9.17) is 18.3 Å². The van der Waals surface area contributed by atoms with E-state index in [2.05, 4.69) is 86.6 Å². The van der Waals surface area contributed by atoms with E-state index < -0.39 is 61.3 Å². The largest absolute Gasteiger partial charge is 0.542 e. The first-order valence-electron chi connectivity index (χ1n) is 19.1. The monoisotopic (exact) mass is 784 g/mol. The molecule has 6 rings (SSSR count). The van der Waals surface area contributed by atoms with Crippen molar-refractivity contribution in [2.45, 2.75) is 106 Å². The molecule has 4 aromatic rings. The Labute approximate surface area is 326 Å². The number of aliphatic hydroxyl groups is 1. The number of esters is 1. The fourth-order valence-electron chi connectivity index (χ4n) is 9.59. The van der Waals surface area contributed by atoms with Gasteiger partial charge in [-0.25, -0.2) is 0 Å². The summed E-state index contributed by atoms with van der Waals surface area (Å²) in [6.07, 6.45) is -2.38. The fourth-order valence-corrected chi connectivity index (χ4v) is 21.3. The molecular weight excluding hydrogens is 729 g/mol. The van der Waals surface area contributed by atoms with E-state index in [9.17, 15) is 9.90 Å². The topological polar surface area (TPSA) is 91.3 Å². The van der Waals surface area contributed by atoms with Crippen LogP contribution in [0.4, 0.5) is 0 Å². The van der Waals surface area contributed by atoms with Crippen molar-refractivity contribution < 1.29 is 32.4 Å². The van der Waals surface area contributed by atoms with Gasteiger partial charge in [-0.2, -0.15) is 0 Å². The van der Waals surface area contributed by atoms with Gasteiger partial charge in [0.25, 0.3) is 16.6 Å². The number of carbonyl (C=O) groups excluding carboxylic acids is 1. The first-order valence-corrected chi connectivity index (χ1v) is 24.3. The summed E-state index contributed by atoms with van der Waals surface area (Å²) < 4.78 is 40.7. The van der Waals surface area contributed by atoms with Gasteiger partial charge >= 0.3 is 5.97 Å². The second-order valence-electron chi connectivity index (χ2n) is 16.7. The molecular formula is C44H56O7SSi2. The molecule has 1 aliphatic carbocycles. The Balaban J connectivity index is 1.73. The summed E-state index contributed by atoms with van der Waals surface area (Å²) in [5.41, 5.74) is 1.70. The lowest BCUT2D eigenvalue weighted by molar-refractivity contribution is -0.142. The predicted molar refractivity (Wildman–Crippen MR) is 221 cm³/mol. The van der Waals surface area contributed by atoms with Crippen molar-refractivity contribution in [3.63, 3.8) is 0 Å². The summed E-state index contributed by atoms with van der Waals surface area (Å²) in [4.78, 5) is 15.0. The van der Waals surface area contributed by atoms with Crippen molar-refractivity contribution in [3.8, 4) is 11.5 Å². The van der Waals surface area contributed by atoms with E-state index in [-0.39, 0.29) is 23.2 Å². The van der Waals surface area contributed by atoms with Crippen molar-refractivity contribution in [2.24, 2.45) is 5.92 Å². The molecule has 7 nitrogen and oxygen atoms in total. The zero-order chi connectivity index (χ0) is 39.2. The van der Waals surface area contributed by atoms with Gasteiger partial charge in [-0.3, -0.25) is 9.00 Å². The first-order chi connectivity index (χ1) is 25.6. The average molecular weight is 785 g/mol. The van der Waals surface area contributed by atoms with Crippen LogP contribution in [-0.4, -0.2) is 50.4 Å². The third kappa shape index (κ3) is 6.22. The summed E-state index contributed by atoms with van der Waals surface area (Å²) in [5, 5.41) is 14.7. The van der Waals surface area contributed by atoms with Crippen molar-refractivity contribution in [2.75, 3.05) is 13.7 Å². The molecule has 4 aromatic carbocycles. The number of aliphatic hydroxyl groups excluding tert-OH is 1. The molecule has 54 heavy (non-hydrogen) atoms. The smallest absolute Gasteiger partial charge is 0.328 e. The van der Waals surface area contributed by atoms with Crippen LogP contribution in [0, 0.1) is 5.92 Å². The van der Waals surface area contributed by atoms with E-state index in [0.29, 0.717) is 27.5 Å². The van der Waals surface area contributed by atoms with Crippen LogP contribution in [-0.2, 0) is 24.8 Å². The average Bonchev–Trinajstić information content (AvgIpc) is 3.50. The molecule has 0 bridgehead atoms. The van der Waals surface area contributed by atoms with E-state index >= 15 is 4.21 Å². The maximum Gasteiger partial charge on any atom is 0.328 e. The number of methoxy groups -OCH3 is 1. The SMILES string of the molecule is COc1cc(O[Si](C(C)C)(C(C)C)C(C)C)c2c(c1)[C@@H](O[Si](c1ccccc1)(c1ccccc1)C(C)(C)C)[C@@H]1COC(=O)[C@]1(S(=O)c1ccccc1)[C@@H]2O. The standard InChI is InChI=1S/C44H56O7SSi2/c1-29(2)53(30(3)4,31(5)6)50-38-27-32(48-10)26-36-39(38)41(45)44(52(47)33-20-14-11-15-21-33)37(28-49-42(44)46)40(36)51-54(43(7,8)9,34-22-16-12-17-23-34)35-24-18-13-19-25-35/h11-27,29-31,37,40-41,45H,28H2,1-10H3/t37-,40+,41+,44+,52?/m0/s1. The maximum absolute atomic E-state index is 15.3. The van der Waals surface area contributed by atoms with Crippen LogP contribution >= 0.6 is 0 Å². The van der Waals surface area contributed by atoms with Crippen molar-refractivity contribution in [3.05, 3.63) is 114 Å². The number of hydrogen-bond donors (Lipinski definition) is 1. The van der Waals surface area contributed by atoms with Gasteiger partial charge in [0.1, 0.15) is 17.6 Å². The lowest BCUT2D eigenvalue weighted by atomic mass is 9.72. The van der Waals surface area contributed by atoms with Crippen LogP contribution in [0.3, 0.4) is 0 Å². The Morgan fingerprint density at radius 2 is 1.31 bits per heavy atom.